The van der Waals surface area contributed by atoms with Gasteiger partial charge in [0.1, 0.15) is 37.0 Å². The first-order chi connectivity index (χ1) is 50.3. The van der Waals surface area contributed by atoms with Crippen LogP contribution >= 0.6 is 0 Å². The minimum atomic E-state index is -3.58. The third-order valence-electron chi connectivity index (χ3n) is 18.7. The summed E-state index contributed by atoms with van der Waals surface area (Å²) in [5, 5.41) is 85.5. The van der Waals surface area contributed by atoms with Crippen molar-refractivity contribution in [3.63, 3.8) is 0 Å². The van der Waals surface area contributed by atoms with Gasteiger partial charge in [-0.1, -0.05) is 172 Å². The fraction of sp³-hybridized carbons (Fsp3) is 0.383. The highest BCUT2D eigenvalue weighted by atomic mass is 32.2. The predicted molar refractivity (Wildman–Crippen MR) is 412 cm³/mol. The topological polar surface area (TPSA) is 341 Å². The number of phenolic OH excluding ortho intramolecular Hbond substituents is 2. The number of phenols is 2. The molecule has 2 heterocycles. The van der Waals surface area contributed by atoms with Crippen molar-refractivity contribution in [1.82, 2.24) is 0 Å². The molecule has 0 radical (unpaired) electrons. The summed E-state index contributed by atoms with van der Waals surface area (Å²) in [5.74, 6) is -2.39. The van der Waals surface area contributed by atoms with Gasteiger partial charge < -0.3 is 61.2 Å². The van der Waals surface area contributed by atoms with Crippen LogP contribution < -0.4 is 36.4 Å². The van der Waals surface area contributed by atoms with Gasteiger partial charge in [0, 0.05) is 79.8 Å². The number of aliphatic hydroxyl groups is 1. The van der Waals surface area contributed by atoms with Crippen molar-refractivity contribution in [1.29, 1.82) is 0 Å². The van der Waals surface area contributed by atoms with E-state index >= 15 is 0 Å². The van der Waals surface area contributed by atoms with E-state index in [1.807, 2.05) is 139 Å². The molecule has 8 aromatic rings. The number of nitrogens with one attached hydrogen (secondary N) is 4. The van der Waals surface area contributed by atoms with Crippen LogP contribution in [0.25, 0.3) is 21.5 Å². The third kappa shape index (κ3) is 21.0. The van der Waals surface area contributed by atoms with Crippen LogP contribution in [0, 0.1) is 34.6 Å². The van der Waals surface area contributed by atoms with Gasteiger partial charge in [-0.15, -0.1) is 12.2 Å². The molecule has 0 aromatic heterocycles. The summed E-state index contributed by atoms with van der Waals surface area (Å²) >= 11 is -1.73. The lowest BCUT2D eigenvalue weighted by molar-refractivity contribution is -0.535. The van der Waals surface area contributed by atoms with E-state index < -0.39 is 78.1 Å². The largest absolute Gasteiger partial charge is 0.851 e. The van der Waals surface area contributed by atoms with E-state index in [1.54, 1.807) is 36.4 Å². The molecule has 0 amide bonds. The average Bonchev–Trinajstić information content (AvgIpc) is 0.715. The molecule has 2 aliphatic heterocycles. The first kappa shape index (κ1) is 82.8. The Morgan fingerprint density at radius 3 is 1.50 bits per heavy atom. The molecule has 1 fully saturated rings. The lowest BCUT2D eigenvalue weighted by Crippen LogP contribution is -2.63. The zero-order chi connectivity index (χ0) is 77.4. The molecule has 11 rings (SSSR count). The predicted octanol–water partition coefficient (Wildman–Crippen LogP) is 13.7. The Morgan fingerprint density at radius 1 is 0.604 bits per heavy atom. The number of carbonyl (C=O) groups excluding carboxylic acids is 2. The first-order valence-electron chi connectivity index (χ1n) is 35.3. The Kier molecular flexibility index (Phi) is 28.6. The number of para-hydroxylation sites is 1. The fourth-order valence-corrected chi connectivity index (χ4v) is 15.6. The molecule has 1 aliphatic carbocycles. The normalized spacial score (nSPS) is 16.8. The number of aryl methyl sites for hydroxylation is 5. The molecule has 0 saturated heterocycles. The van der Waals surface area contributed by atoms with Gasteiger partial charge in [-0.25, -0.2) is 25.9 Å². The summed E-state index contributed by atoms with van der Waals surface area (Å²) in [6.07, 6.45) is 2.31. The fourth-order valence-electron chi connectivity index (χ4n) is 13.3. The van der Waals surface area contributed by atoms with Gasteiger partial charge in [-0.05, 0) is 149 Å². The third-order valence-corrected chi connectivity index (χ3v) is 22.2. The Morgan fingerprint density at radius 2 is 1.05 bits per heavy atom. The lowest BCUT2D eigenvalue weighted by atomic mass is 9.62. The van der Waals surface area contributed by atoms with Crippen molar-refractivity contribution in [2.45, 2.75) is 179 Å². The number of benzene rings is 8. The van der Waals surface area contributed by atoms with Crippen molar-refractivity contribution in [2.24, 2.45) is 0 Å². The molecule has 3 unspecified atom stereocenters. The Balaban J connectivity index is 0.000000214. The van der Waals surface area contributed by atoms with Gasteiger partial charge in [0.25, 0.3) is 0 Å². The SMILES string of the molecule is C=CS(=O)(=O)CC(O)CS(=O)(=O)C=C.CCCCCC(=O)OCC1(COC(=O)CCCCC)Nc2cccc3c(C4C([O-])C(c5ccc6c7c(cccc57)NC(C)(C)N6)C4[O-])ccc(c23)N1.Cc1cc(C)c(O)c(C(C)c2cc(C)cc(C)c2O)c1.Cc1ccc(S(=O)OOc2ccccc2COO)cc1. The van der Waals surface area contributed by atoms with Gasteiger partial charge >= 0.3 is 11.9 Å². The smallest absolute Gasteiger partial charge is 0.305 e. The van der Waals surface area contributed by atoms with Crippen molar-refractivity contribution < 1.29 is 85.0 Å². The Hall–Kier alpha value is -8.89. The summed E-state index contributed by atoms with van der Waals surface area (Å²) in [4.78, 5) is 35.0. The maximum atomic E-state index is 14.2. The van der Waals surface area contributed by atoms with Crippen LogP contribution in [0.3, 0.4) is 0 Å². The number of anilines is 4. The van der Waals surface area contributed by atoms with E-state index in [4.69, 9.17) is 29.1 Å². The number of ether oxygens (including phenoxy) is 2. The molecule has 22 nitrogen and oxygen atoms in total. The summed E-state index contributed by atoms with van der Waals surface area (Å²) < 4.78 is 71.8. The van der Waals surface area contributed by atoms with E-state index in [0.717, 1.165) is 133 Å². The number of unbranched alkanes of at least 4 members (excludes halogenated alkanes) is 4. The van der Waals surface area contributed by atoms with Crippen molar-refractivity contribution in [3.05, 3.63) is 213 Å². The molecule has 25 heteroatoms. The number of rotatable bonds is 28. The van der Waals surface area contributed by atoms with Gasteiger partial charge in [0.05, 0.1) is 22.5 Å². The van der Waals surface area contributed by atoms with E-state index in [1.165, 1.54) is 0 Å². The van der Waals surface area contributed by atoms with Crippen LogP contribution in [0.5, 0.6) is 17.2 Å². The second-order valence-corrected chi connectivity index (χ2v) is 32.8. The molecular formula is C81H98N4O18S3-2. The van der Waals surface area contributed by atoms with Gasteiger partial charge in [0.15, 0.2) is 31.1 Å². The van der Waals surface area contributed by atoms with E-state index in [9.17, 15) is 51.1 Å². The van der Waals surface area contributed by atoms with Gasteiger partial charge in [0.2, 0.25) is 11.1 Å². The molecule has 3 atom stereocenters. The zero-order valence-electron chi connectivity index (χ0n) is 61.7. The maximum absolute atomic E-state index is 14.2. The highest BCUT2D eigenvalue weighted by Gasteiger charge is 2.43. The number of esters is 2. The lowest BCUT2D eigenvalue weighted by Gasteiger charge is -2.62. The Labute approximate surface area is 624 Å². The molecule has 1 saturated carbocycles. The van der Waals surface area contributed by atoms with Gasteiger partial charge in [-0.2, -0.15) is 0 Å². The second-order valence-electron chi connectivity index (χ2n) is 27.8. The van der Waals surface area contributed by atoms with Gasteiger partial charge in [-0.3, -0.25) is 14.8 Å². The number of aromatic hydroxyl groups is 2. The van der Waals surface area contributed by atoms with E-state index in [2.05, 4.69) is 67.0 Å². The molecule has 0 spiro atoms. The highest BCUT2D eigenvalue weighted by Crippen LogP contribution is 2.52. The Bertz CT molecular complexity index is 4540. The summed E-state index contributed by atoms with van der Waals surface area (Å²) in [6.45, 7) is 26.0. The summed E-state index contributed by atoms with van der Waals surface area (Å²) in [6, 6.07) is 41.3. The standard InChI is InChI=1S/C42H50N4O6.C18H22O2.C14H14O5S.C7H12O5S2/c1-5-7-9-17-33(47)51-23-42(24-52-34(48)18-10-8-6-2)45-30-16-12-14-26-28(20-22-32(46-42)36(26)30)38-39(49)37(40(38)50)27-19-21-31-35-25(27)13-11-15-29(35)43-41(3,4)44-31;1-10-6-12(3)17(19)15(8-10)14(5)16-9-11(2)7-13(4)18(16)20;1-11-6-8-13(9-7-11)20(16)19-18-14-5-3-2-4-12(14)10-17-15;1-3-13(9,10)5-7(8)6-14(11,12)4-2/h11-16,19-22,37-40,43-46H,5-10,17-18,23-24H2,1-4H3;6-9,14,19-20H,1-5H3;2-9,15H,10H2,1H3;3-4,7-8H,1-2,5-6H2/q-2;;;. The van der Waals surface area contributed by atoms with Crippen LogP contribution in [0.2, 0.25) is 0 Å². The van der Waals surface area contributed by atoms with Crippen LogP contribution in [0.1, 0.15) is 159 Å². The minimum absolute atomic E-state index is 0.0449. The van der Waals surface area contributed by atoms with Crippen LogP contribution in [-0.2, 0) is 65.6 Å². The summed E-state index contributed by atoms with van der Waals surface area (Å²) in [5.41, 5.74) is 10.9. The van der Waals surface area contributed by atoms with Crippen molar-refractivity contribution >= 4 is 87.0 Å². The maximum Gasteiger partial charge on any atom is 0.305 e. The van der Waals surface area contributed by atoms with E-state index in [0.29, 0.717) is 51.4 Å². The molecule has 570 valence electrons. The van der Waals surface area contributed by atoms with E-state index in [-0.39, 0.29) is 43.3 Å². The average molecular weight is 1510 g/mol. The molecular weight excluding hydrogens is 1410 g/mol. The highest BCUT2D eigenvalue weighted by molar-refractivity contribution is 7.95. The number of carbonyl (C=O) groups is 2. The minimum Gasteiger partial charge on any atom is -0.851 e. The monoisotopic (exact) mass is 1510 g/mol. The number of hydrogen-bond donors (Lipinski definition) is 8. The number of hydrogen-bond acceptors (Lipinski definition) is 22. The second kappa shape index (κ2) is 36.6. The van der Waals surface area contributed by atoms with Crippen molar-refractivity contribution in [2.75, 3.05) is 46.0 Å². The molecule has 8 aromatic carbocycles. The van der Waals surface area contributed by atoms with Crippen molar-refractivity contribution in [3.8, 4) is 17.2 Å². The number of sulfone groups is 2. The molecule has 106 heavy (non-hydrogen) atoms. The molecule has 8 N–H and O–H groups in total. The summed E-state index contributed by atoms with van der Waals surface area (Å²) in [7, 11) is -7.17. The van der Waals surface area contributed by atoms with Crippen LogP contribution in [-0.4, -0.2) is 108 Å². The molecule has 3 aliphatic rings. The zero-order valence-corrected chi connectivity index (χ0v) is 64.1. The molecule has 0 bridgehead atoms. The van der Waals surface area contributed by atoms with Crippen LogP contribution in [0.4, 0.5) is 22.7 Å². The van der Waals surface area contributed by atoms with Crippen LogP contribution in [0.15, 0.2) is 162 Å². The number of aliphatic hydroxyl groups excluding tert-OH is 1. The quantitative estimate of drug-likeness (QED) is 0.00977. The first-order valence-corrected chi connectivity index (χ1v) is 39.8.